The number of nitrogens with zero attached hydrogens (tertiary/aromatic N) is 1. The van der Waals surface area contributed by atoms with Gasteiger partial charge in [-0.25, -0.2) is 0 Å². The number of methoxy groups -OCH3 is 1. The van der Waals surface area contributed by atoms with Gasteiger partial charge in [0.25, 0.3) is 0 Å². The molecule has 1 atom stereocenters. The fourth-order valence-corrected chi connectivity index (χ4v) is 3.03. The smallest absolute Gasteiger partial charge is 0.247 e. The molecule has 1 N–H and O–H groups in total. The Bertz CT molecular complexity index is 880. The molecule has 31 heavy (non-hydrogen) atoms. The number of anilines is 1. The van der Waals surface area contributed by atoms with E-state index in [2.05, 4.69) is 5.32 Å². The molecule has 6 heteroatoms. The molecule has 2 rings (SSSR count). The number of ether oxygens (including phenoxy) is 2. The Hall–Kier alpha value is -3.28. The Morgan fingerprint density at radius 3 is 2.45 bits per heavy atom. The molecule has 0 aromatic heterocycles. The highest BCUT2D eigenvalue weighted by molar-refractivity contribution is 5.99. The van der Waals surface area contributed by atoms with Crippen molar-refractivity contribution in [3.63, 3.8) is 0 Å². The van der Waals surface area contributed by atoms with Gasteiger partial charge >= 0.3 is 0 Å². The van der Waals surface area contributed by atoms with E-state index in [9.17, 15) is 9.59 Å². The molecule has 0 saturated carbocycles. The van der Waals surface area contributed by atoms with Crippen molar-refractivity contribution in [1.82, 2.24) is 4.90 Å². The maximum atomic E-state index is 12.9. The molecular weight excluding hydrogens is 392 g/mol. The molecule has 6 nitrogen and oxygen atoms in total. The molecule has 0 radical (unpaired) electrons. The highest BCUT2D eigenvalue weighted by Gasteiger charge is 2.24. The van der Waals surface area contributed by atoms with Gasteiger partial charge in [-0.1, -0.05) is 38.1 Å². The topological polar surface area (TPSA) is 67.9 Å². The van der Waals surface area contributed by atoms with Gasteiger partial charge in [0.15, 0.2) is 11.5 Å². The molecule has 0 fully saturated rings. The zero-order chi connectivity index (χ0) is 22.6. The Morgan fingerprint density at radius 1 is 1.06 bits per heavy atom. The monoisotopic (exact) mass is 424 g/mol. The normalized spacial score (nSPS) is 11.7. The Morgan fingerprint density at radius 2 is 1.81 bits per heavy atom. The van der Waals surface area contributed by atoms with Gasteiger partial charge in [-0.05, 0) is 55.7 Å². The van der Waals surface area contributed by atoms with Gasteiger partial charge in [0, 0.05) is 18.3 Å². The molecule has 0 aliphatic rings. The van der Waals surface area contributed by atoms with Gasteiger partial charge < -0.3 is 19.7 Å². The van der Waals surface area contributed by atoms with Crippen LogP contribution in [0, 0.1) is 0 Å². The lowest BCUT2D eigenvalue weighted by Gasteiger charge is -2.27. The number of rotatable bonds is 11. The minimum Gasteiger partial charge on any atom is -0.493 e. The zero-order valence-electron chi connectivity index (χ0n) is 18.8. The van der Waals surface area contributed by atoms with E-state index in [1.807, 2.05) is 62.4 Å². The number of hydrogen-bond donors (Lipinski definition) is 1. The summed E-state index contributed by atoms with van der Waals surface area (Å²) in [4.78, 5) is 27.1. The molecule has 0 unspecified atom stereocenters. The molecule has 0 bridgehead atoms. The minimum absolute atomic E-state index is 0.220. The second-order valence-electron chi connectivity index (χ2n) is 7.15. The summed E-state index contributed by atoms with van der Waals surface area (Å²) in [6, 6.07) is 14.1. The fourth-order valence-electron chi connectivity index (χ4n) is 3.03. The quantitative estimate of drug-likeness (QED) is 0.528. The molecule has 2 aromatic carbocycles. The van der Waals surface area contributed by atoms with Gasteiger partial charge in [0.1, 0.15) is 6.04 Å². The van der Waals surface area contributed by atoms with E-state index >= 15 is 0 Å². The molecule has 0 aliphatic heterocycles. The average Bonchev–Trinajstić information content (AvgIpc) is 2.80. The Labute approximate surface area is 184 Å². The van der Waals surface area contributed by atoms with Gasteiger partial charge in [0.05, 0.1) is 13.7 Å². The second kappa shape index (κ2) is 12.4. The van der Waals surface area contributed by atoms with Crippen LogP contribution in [0.3, 0.4) is 0 Å². The first-order chi connectivity index (χ1) is 15.0. The number of carbonyl (C=O) groups excluding carboxylic acids is 2. The third-order valence-electron chi connectivity index (χ3n) is 4.70. The number of hydrogen-bond acceptors (Lipinski definition) is 4. The summed E-state index contributed by atoms with van der Waals surface area (Å²) in [6.45, 7) is 6.85. The lowest BCUT2D eigenvalue weighted by Crippen LogP contribution is -2.45. The lowest BCUT2D eigenvalue weighted by molar-refractivity contribution is -0.134. The third kappa shape index (κ3) is 7.17. The van der Waals surface area contributed by atoms with E-state index < -0.39 is 6.04 Å². The van der Waals surface area contributed by atoms with Crippen LogP contribution in [-0.2, 0) is 9.59 Å². The molecular formula is C25H32N2O4. The fraction of sp³-hybridized carbons (Fsp3) is 0.360. The van der Waals surface area contributed by atoms with Gasteiger partial charge in [-0.15, -0.1) is 0 Å². The number of carbonyl (C=O) groups is 2. The van der Waals surface area contributed by atoms with Crippen molar-refractivity contribution in [2.24, 2.45) is 0 Å². The van der Waals surface area contributed by atoms with Crippen LogP contribution in [0.1, 0.15) is 39.2 Å². The summed E-state index contributed by atoms with van der Waals surface area (Å²) in [6.07, 6.45) is 4.87. The highest BCUT2D eigenvalue weighted by Crippen LogP contribution is 2.28. The molecule has 0 aliphatic carbocycles. The SMILES string of the molecule is CCCOc1ccc(/C=C/C(=O)N(CCC)[C@H](C)C(=O)Nc2ccccc2)cc1OC. The van der Waals surface area contributed by atoms with Crippen LogP contribution >= 0.6 is 0 Å². The van der Waals surface area contributed by atoms with E-state index in [0.717, 1.165) is 18.4 Å². The minimum atomic E-state index is -0.600. The first-order valence-electron chi connectivity index (χ1n) is 10.7. The van der Waals surface area contributed by atoms with Gasteiger partial charge in [-0.3, -0.25) is 9.59 Å². The van der Waals surface area contributed by atoms with E-state index in [0.29, 0.717) is 30.3 Å². The maximum Gasteiger partial charge on any atom is 0.247 e. The van der Waals surface area contributed by atoms with Crippen LogP contribution in [0.25, 0.3) is 6.08 Å². The predicted molar refractivity (Wildman–Crippen MR) is 124 cm³/mol. The summed E-state index contributed by atoms with van der Waals surface area (Å²) < 4.78 is 11.1. The Balaban J connectivity index is 2.10. The van der Waals surface area contributed by atoms with Crippen LogP contribution in [-0.4, -0.2) is 43.0 Å². The molecule has 2 aromatic rings. The third-order valence-corrected chi connectivity index (χ3v) is 4.70. The zero-order valence-corrected chi connectivity index (χ0v) is 18.8. The van der Waals surface area contributed by atoms with Crippen LogP contribution < -0.4 is 14.8 Å². The average molecular weight is 425 g/mol. The highest BCUT2D eigenvalue weighted by atomic mass is 16.5. The molecule has 2 amide bonds. The summed E-state index contributed by atoms with van der Waals surface area (Å²) >= 11 is 0. The maximum absolute atomic E-state index is 12.9. The lowest BCUT2D eigenvalue weighted by atomic mass is 10.1. The molecule has 0 heterocycles. The predicted octanol–water partition coefficient (Wildman–Crippen LogP) is 4.76. The van der Waals surface area contributed by atoms with Crippen molar-refractivity contribution in [2.45, 2.75) is 39.7 Å². The van der Waals surface area contributed by atoms with Crippen LogP contribution in [0.2, 0.25) is 0 Å². The van der Waals surface area contributed by atoms with E-state index in [1.54, 1.807) is 25.0 Å². The van der Waals surface area contributed by atoms with Crippen molar-refractivity contribution >= 4 is 23.6 Å². The Kier molecular flexibility index (Phi) is 9.62. The van der Waals surface area contributed by atoms with Crippen molar-refractivity contribution in [3.05, 3.63) is 60.2 Å². The first kappa shape index (κ1) is 24.0. The van der Waals surface area contributed by atoms with Crippen molar-refractivity contribution in [3.8, 4) is 11.5 Å². The number of nitrogens with one attached hydrogen (secondary N) is 1. The van der Waals surface area contributed by atoms with Crippen molar-refractivity contribution < 1.29 is 19.1 Å². The second-order valence-corrected chi connectivity index (χ2v) is 7.15. The molecule has 0 spiro atoms. The van der Waals surface area contributed by atoms with Gasteiger partial charge in [0.2, 0.25) is 11.8 Å². The summed E-state index contributed by atoms with van der Waals surface area (Å²) in [5.41, 5.74) is 1.52. The van der Waals surface area contributed by atoms with Crippen LogP contribution in [0.15, 0.2) is 54.6 Å². The van der Waals surface area contributed by atoms with Gasteiger partial charge in [-0.2, -0.15) is 0 Å². The van der Waals surface area contributed by atoms with Crippen molar-refractivity contribution in [2.75, 3.05) is 25.6 Å². The summed E-state index contributed by atoms with van der Waals surface area (Å²) in [7, 11) is 1.59. The van der Waals surface area contributed by atoms with E-state index in [1.165, 1.54) is 6.08 Å². The van der Waals surface area contributed by atoms with E-state index in [4.69, 9.17) is 9.47 Å². The largest absolute Gasteiger partial charge is 0.493 e. The summed E-state index contributed by atoms with van der Waals surface area (Å²) in [5, 5.41) is 2.86. The molecule has 0 saturated heterocycles. The number of para-hydroxylation sites is 1. The van der Waals surface area contributed by atoms with Crippen LogP contribution in [0.4, 0.5) is 5.69 Å². The summed E-state index contributed by atoms with van der Waals surface area (Å²) in [5.74, 6) is 0.846. The standard InChI is InChI=1S/C25H32N2O4/c1-5-16-27(19(3)25(29)26-21-10-8-7-9-11-21)24(28)15-13-20-12-14-22(31-17-6-2)23(18-20)30-4/h7-15,18-19H,5-6,16-17H2,1-4H3,(H,26,29)/b15-13+/t19-/m1/s1. The van der Waals surface area contributed by atoms with E-state index in [-0.39, 0.29) is 11.8 Å². The van der Waals surface area contributed by atoms with Crippen LogP contribution in [0.5, 0.6) is 11.5 Å². The molecule has 166 valence electrons. The number of benzene rings is 2. The van der Waals surface area contributed by atoms with Crippen molar-refractivity contribution in [1.29, 1.82) is 0 Å². The number of amides is 2. The first-order valence-corrected chi connectivity index (χ1v) is 10.7.